The van der Waals surface area contributed by atoms with Crippen molar-refractivity contribution in [1.82, 2.24) is 0 Å². The van der Waals surface area contributed by atoms with Crippen LogP contribution in [0.5, 0.6) is 0 Å². The van der Waals surface area contributed by atoms with Crippen molar-refractivity contribution in [2.75, 3.05) is 30.4 Å². The van der Waals surface area contributed by atoms with Gasteiger partial charge < -0.3 is 10.2 Å². The Labute approximate surface area is 98.8 Å². The van der Waals surface area contributed by atoms with Gasteiger partial charge in [-0.25, -0.2) is 0 Å². The molecule has 0 aromatic heterocycles. The number of anilines is 2. The lowest BCUT2D eigenvalue weighted by Crippen LogP contribution is -2.27. The van der Waals surface area contributed by atoms with Crippen molar-refractivity contribution >= 4 is 27.3 Å². The van der Waals surface area contributed by atoms with Gasteiger partial charge in [0.1, 0.15) is 0 Å². The number of hydrogen-bond donors (Lipinski definition) is 1. The molecule has 0 radical (unpaired) electrons. The number of fused-ring (bicyclic) bond motifs is 1. The Hall–Kier alpha value is -0.700. The quantitative estimate of drug-likeness (QED) is 0.777. The predicted molar refractivity (Wildman–Crippen MR) is 67.6 cm³/mol. The minimum atomic E-state index is 0.549. The smallest absolute Gasteiger partial charge is 0.0743 e. The fourth-order valence-electron chi connectivity index (χ4n) is 2.48. The van der Waals surface area contributed by atoms with Crippen LogP contribution in [-0.4, -0.2) is 20.1 Å². The number of hydrogen-bond acceptors (Lipinski definition) is 2. The van der Waals surface area contributed by atoms with E-state index in [1.54, 1.807) is 0 Å². The van der Waals surface area contributed by atoms with Gasteiger partial charge in [-0.1, -0.05) is 6.07 Å². The molecule has 3 rings (SSSR count). The zero-order valence-electron chi connectivity index (χ0n) is 8.89. The average molecular weight is 267 g/mol. The number of nitrogens with one attached hydrogen (secondary N) is 1. The first-order chi connectivity index (χ1) is 7.20. The van der Waals surface area contributed by atoms with Crippen molar-refractivity contribution in [3.8, 4) is 0 Å². The van der Waals surface area contributed by atoms with Gasteiger partial charge in [-0.05, 0) is 40.9 Å². The zero-order valence-corrected chi connectivity index (χ0v) is 10.5. The highest BCUT2D eigenvalue weighted by molar-refractivity contribution is 9.10. The van der Waals surface area contributed by atoms with E-state index < -0.39 is 0 Å². The summed E-state index contributed by atoms with van der Waals surface area (Å²) in [5.74, 6) is 0. The van der Waals surface area contributed by atoms with Crippen LogP contribution < -0.4 is 10.2 Å². The number of benzene rings is 1. The standard InChI is InChI=1S/C12H15BrN2/c1-15-8-12(5-6-12)7-14-10-4-2-3-9(13)11(10)15/h2-4,14H,5-8H2,1H3. The van der Waals surface area contributed by atoms with Gasteiger partial charge in [0, 0.05) is 30.0 Å². The Morgan fingerprint density at radius 1 is 1.40 bits per heavy atom. The second-order valence-electron chi connectivity index (χ2n) is 4.85. The van der Waals surface area contributed by atoms with Gasteiger partial charge in [-0.3, -0.25) is 0 Å². The maximum absolute atomic E-state index is 3.63. The summed E-state index contributed by atoms with van der Waals surface area (Å²) >= 11 is 3.63. The first-order valence-corrected chi connectivity index (χ1v) is 6.23. The summed E-state index contributed by atoms with van der Waals surface area (Å²) in [4.78, 5) is 2.38. The van der Waals surface area contributed by atoms with Crippen LogP contribution in [0, 0.1) is 5.41 Å². The van der Waals surface area contributed by atoms with Crippen LogP contribution in [-0.2, 0) is 0 Å². The molecule has 1 heterocycles. The van der Waals surface area contributed by atoms with E-state index in [9.17, 15) is 0 Å². The molecule has 0 saturated heterocycles. The molecule has 1 saturated carbocycles. The molecule has 1 aromatic rings. The van der Waals surface area contributed by atoms with E-state index in [4.69, 9.17) is 0 Å². The highest BCUT2D eigenvalue weighted by Gasteiger charge is 2.45. The van der Waals surface area contributed by atoms with Crippen molar-refractivity contribution < 1.29 is 0 Å². The highest BCUT2D eigenvalue weighted by Crippen LogP contribution is 2.50. The van der Waals surface area contributed by atoms with Gasteiger partial charge in [-0.15, -0.1) is 0 Å². The van der Waals surface area contributed by atoms with E-state index in [1.165, 1.54) is 35.2 Å². The normalized spacial score (nSPS) is 21.9. The molecule has 1 N–H and O–H groups in total. The summed E-state index contributed by atoms with van der Waals surface area (Å²) in [5, 5.41) is 3.58. The summed E-state index contributed by atoms with van der Waals surface area (Å²) in [6.07, 6.45) is 2.74. The largest absolute Gasteiger partial charge is 0.383 e. The Bertz CT molecular complexity index is 399. The molecule has 1 aliphatic carbocycles. The van der Waals surface area contributed by atoms with Crippen molar-refractivity contribution in [3.05, 3.63) is 22.7 Å². The molecule has 2 nitrogen and oxygen atoms in total. The summed E-state index contributed by atoms with van der Waals surface area (Å²) in [5.41, 5.74) is 3.12. The van der Waals surface area contributed by atoms with Crippen LogP contribution in [0.25, 0.3) is 0 Å². The lowest BCUT2D eigenvalue weighted by Gasteiger charge is -2.22. The van der Waals surface area contributed by atoms with Crippen LogP contribution in [0.2, 0.25) is 0 Å². The Morgan fingerprint density at radius 3 is 2.93 bits per heavy atom. The van der Waals surface area contributed by atoms with Gasteiger partial charge in [0.25, 0.3) is 0 Å². The van der Waals surface area contributed by atoms with E-state index in [-0.39, 0.29) is 0 Å². The molecular weight excluding hydrogens is 252 g/mol. The van der Waals surface area contributed by atoms with E-state index >= 15 is 0 Å². The molecule has 1 aromatic carbocycles. The summed E-state index contributed by atoms with van der Waals surface area (Å²) in [7, 11) is 2.19. The SMILES string of the molecule is CN1CC2(CC2)CNc2cccc(Br)c21. The number of rotatable bonds is 0. The van der Waals surface area contributed by atoms with Crippen molar-refractivity contribution in [1.29, 1.82) is 0 Å². The topological polar surface area (TPSA) is 15.3 Å². The minimum absolute atomic E-state index is 0.549. The maximum atomic E-state index is 3.63. The lowest BCUT2D eigenvalue weighted by molar-refractivity contribution is 0.548. The Balaban J connectivity index is 2.03. The highest BCUT2D eigenvalue weighted by atomic mass is 79.9. The van der Waals surface area contributed by atoms with Crippen LogP contribution in [0.1, 0.15) is 12.8 Å². The second kappa shape index (κ2) is 3.14. The van der Waals surface area contributed by atoms with Gasteiger partial charge in [-0.2, -0.15) is 0 Å². The predicted octanol–water partition coefficient (Wildman–Crippen LogP) is 3.09. The molecular formula is C12H15BrN2. The molecule has 1 fully saturated rings. The number of nitrogens with zero attached hydrogens (tertiary/aromatic N) is 1. The van der Waals surface area contributed by atoms with Crippen molar-refractivity contribution in [2.45, 2.75) is 12.8 Å². The Morgan fingerprint density at radius 2 is 2.20 bits per heavy atom. The van der Waals surface area contributed by atoms with E-state index in [0.717, 1.165) is 6.54 Å². The molecule has 0 bridgehead atoms. The fraction of sp³-hybridized carbons (Fsp3) is 0.500. The summed E-state index contributed by atoms with van der Waals surface area (Å²) < 4.78 is 1.19. The molecule has 15 heavy (non-hydrogen) atoms. The Kier molecular flexibility index (Phi) is 2.00. The molecule has 3 heteroatoms. The molecule has 0 atom stereocenters. The minimum Gasteiger partial charge on any atom is -0.383 e. The molecule has 0 unspecified atom stereocenters. The fourth-order valence-corrected chi connectivity index (χ4v) is 3.15. The molecule has 1 aliphatic heterocycles. The van der Waals surface area contributed by atoms with Crippen LogP contribution in [0.3, 0.4) is 0 Å². The summed E-state index contributed by atoms with van der Waals surface area (Å²) in [6.45, 7) is 2.30. The van der Waals surface area contributed by atoms with Gasteiger partial charge >= 0.3 is 0 Å². The second-order valence-corrected chi connectivity index (χ2v) is 5.70. The first-order valence-electron chi connectivity index (χ1n) is 5.44. The van der Waals surface area contributed by atoms with Gasteiger partial charge in [0.2, 0.25) is 0 Å². The zero-order chi connectivity index (χ0) is 10.5. The van der Waals surface area contributed by atoms with Crippen molar-refractivity contribution in [3.63, 3.8) is 0 Å². The average Bonchev–Trinajstić information content (AvgIpc) is 2.96. The molecule has 2 aliphatic rings. The van der Waals surface area contributed by atoms with E-state index in [0.29, 0.717) is 5.41 Å². The van der Waals surface area contributed by atoms with Crippen LogP contribution >= 0.6 is 15.9 Å². The van der Waals surface area contributed by atoms with Crippen LogP contribution in [0.4, 0.5) is 11.4 Å². The number of halogens is 1. The first kappa shape index (κ1) is 9.52. The third kappa shape index (κ3) is 1.53. The lowest BCUT2D eigenvalue weighted by atomic mass is 10.1. The van der Waals surface area contributed by atoms with E-state index in [1.807, 2.05) is 0 Å². The van der Waals surface area contributed by atoms with Gasteiger partial charge in [0.05, 0.1) is 11.4 Å². The monoisotopic (exact) mass is 266 g/mol. The van der Waals surface area contributed by atoms with Gasteiger partial charge in [0.15, 0.2) is 0 Å². The third-order valence-electron chi connectivity index (χ3n) is 3.55. The molecule has 1 spiro atoms. The maximum Gasteiger partial charge on any atom is 0.0743 e. The summed E-state index contributed by atoms with van der Waals surface area (Å²) in [6, 6.07) is 6.37. The third-order valence-corrected chi connectivity index (χ3v) is 4.19. The number of para-hydroxylation sites is 1. The van der Waals surface area contributed by atoms with E-state index in [2.05, 4.69) is 51.4 Å². The molecule has 0 amide bonds. The van der Waals surface area contributed by atoms with Crippen LogP contribution in [0.15, 0.2) is 22.7 Å². The molecule has 80 valence electrons. The van der Waals surface area contributed by atoms with Crippen molar-refractivity contribution in [2.24, 2.45) is 5.41 Å².